The van der Waals surface area contributed by atoms with Gasteiger partial charge in [0.2, 0.25) is 0 Å². The first-order valence-electron chi connectivity index (χ1n) is 6.89. The lowest BCUT2D eigenvalue weighted by atomic mass is 10.1. The molecule has 0 aliphatic rings. The van der Waals surface area contributed by atoms with Crippen LogP contribution in [0.3, 0.4) is 0 Å². The predicted molar refractivity (Wildman–Crippen MR) is 90.1 cm³/mol. The molecule has 0 radical (unpaired) electrons. The zero-order chi connectivity index (χ0) is 15.5. The van der Waals surface area contributed by atoms with E-state index >= 15 is 0 Å². The van der Waals surface area contributed by atoms with Gasteiger partial charge >= 0.3 is 0 Å². The minimum absolute atomic E-state index is 0.0174. The summed E-state index contributed by atoms with van der Waals surface area (Å²) in [6, 6.07) is 13.1. The molecule has 0 N–H and O–H groups in total. The molecule has 0 spiro atoms. The minimum Gasteiger partial charge on any atom is -0.333 e. The number of rotatable bonds is 3. The van der Waals surface area contributed by atoms with E-state index in [0.29, 0.717) is 5.56 Å². The standard InChI is InChI=1S/C18H19NOS/c1-18(2,3)19-13-7-10-15(17(19)21)11-12-16(20)14-8-5-4-6-9-14/h4-13H,1-3H3. The van der Waals surface area contributed by atoms with Gasteiger partial charge in [-0.05, 0) is 39.0 Å². The average Bonchev–Trinajstić information content (AvgIpc) is 2.45. The van der Waals surface area contributed by atoms with Crippen LogP contribution in [0, 0.1) is 4.64 Å². The smallest absolute Gasteiger partial charge is 0.185 e. The van der Waals surface area contributed by atoms with Crippen molar-refractivity contribution in [3.05, 3.63) is 70.5 Å². The number of carbonyl (C=O) groups excluding carboxylic acids is 1. The molecule has 0 amide bonds. The summed E-state index contributed by atoms with van der Waals surface area (Å²) in [5.74, 6) is -0.0174. The normalized spacial score (nSPS) is 11.8. The van der Waals surface area contributed by atoms with Crippen molar-refractivity contribution in [2.24, 2.45) is 0 Å². The van der Waals surface area contributed by atoms with E-state index in [1.807, 2.05) is 53.2 Å². The molecule has 0 fully saturated rings. The fraction of sp³-hybridized carbons (Fsp3) is 0.222. The Kier molecular flexibility index (Phi) is 4.53. The number of benzene rings is 1. The van der Waals surface area contributed by atoms with Crippen LogP contribution in [0.1, 0.15) is 36.7 Å². The Morgan fingerprint density at radius 1 is 1.10 bits per heavy atom. The van der Waals surface area contributed by atoms with Crippen LogP contribution in [0.5, 0.6) is 0 Å². The second kappa shape index (κ2) is 6.19. The van der Waals surface area contributed by atoms with Crippen molar-refractivity contribution in [1.29, 1.82) is 0 Å². The molecule has 0 unspecified atom stereocenters. The fourth-order valence-electron chi connectivity index (χ4n) is 2.03. The third-order valence-corrected chi connectivity index (χ3v) is 3.60. The van der Waals surface area contributed by atoms with Crippen LogP contribution in [-0.4, -0.2) is 10.4 Å². The van der Waals surface area contributed by atoms with Crippen LogP contribution in [0.4, 0.5) is 0 Å². The lowest BCUT2D eigenvalue weighted by Gasteiger charge is -2.24. The highest BCUT2D eigenvalue weighted by Gasteiger charge is 2.13. The Balaban J connectivity index is 2.31. The van der Waals surface area contributed by atoms with Crippen LogP contribution in [-0.2, 0) is 5.54 Å². The van der Waals surface area contributed by atoms with Crippen molar-refractivity contribution in [3.63, 3.8) is 0 Å². The number of nitrogens with zero attached hydrogens (tertiary/aromatic N) is 1. The quantitative estimate of drug-likeness (QED) is 0.458. The molecule has 1 aromatic heterocycles. The monoisotopic (exact) mass is 297 g/mol. The Hall–Kier alpha value is -2.00. The summed E-state index contributed by atoms with van der Waals surface area (Å²) in [7, 11) is 0. The highest BCUT2D eigenvalue weighted by atomic mass is 32.1. The van der Waals surface area contributed by atoms with Crippen LogP contribution in [0.15, 0.2) is 54.7 Å². The van der Waals surface area contributed by atoms with Gasteiger partial charge in [0.15, 0.2) is 5.78 Å². The molecular formula is C18H19NOS. The van der Waals surface area contributed by atoms with Crippen LogP contribution < -0.4 is 0 Å². The third kappa shape index (κ3) is 3.76. The number of allylic oxidation sites excluding steroid dienone is 1. The first kappa shape index (κ1) is 15.4. The molecule has 0 aliphatic carbocycles. The van der Waals surface area contributed by atoms with E-state index in [4.69, 9.17) is 12.2 Å². The largest absolute Gasteiger partial charge is 0.333 e. The first-order chi connectivity index (χ1) is 9.89. The summed E-state index contributed by atoms with van der Waals surface area (Å²) in [5, 5.41) is 0. The molecule has 0 aliphatic heterocycles. The molecule has 0 bridgehead atoms. The number of carbonyl (C=O) groups is 1. The molecular weight excluding hydrogens is 278 g/mol. The summed E-state index contributed by atoms with van der Waals surface area (Å²) >= 11 is 5.51. The summed E-state index contributed by atoms with van der Waals surface area (Å²) < 4.78 is 2.77. The maximum absolute atomic E-state index is 12.1. The van der Waals surface area contributed by atoms with Crippen molar-refractivity contribution in [3.8, 4) is 0 Å². The van der Waals surface area contributed by atoms with E-state index in [1.165, 1.54) is 0 Å². The van der Waals surface area contributed by atoms with Gasteiger partial charge in [-0.2, -0.15) is 0 Å². The molecule has 0 saturated carbocycles. The molecule has 2 nitrogen and oxygen atoms in total. The Morgan fingerprint density at radius 2 is 1.76 bits per heavy atom. The zero-order valence-electron chi connectivity index (χ0n) is 12.5. The summed E-state index contributed by atoms with van der Waals surface area (Å²) in [6.07, 6.45) is 5.34. The molecule has 3 heteroatoms. The first-order valence-corrected chi connectivity index (χ1v) is 7.30. The van der Waals surface area contributed by atoms with Gasteiger partial charge in [0, 0.05) is 22.9 Å². The summed E-state index contributed by atoms with van der Waals surface area (Å²) in [4.78, 5) is 12.1. The van der Waals surface area contributed by atoms with Crippen LogP contribution in [0.25, 0.3) is 6.08 Å². The Morgan fingerprint density at radius 3 is 2.38 bits per heavy atom. The van der Waals surface area contributed by atoms with Crippen LogP contribution in [0.2, 0.25) is 0 Å². The SMILES string of the molecule is CC(C)(C)n1cccc(C=CC(=O)c2ccccc2)c1=S. The highest BCUT2D eigenvalue weighted by Crippen LogP contribution is 2.17. The second-order valence-corrected chi connectivity index (χ2v) is 6.26. The number of ketones is 1. The molecule has 0 atom stereocenters. The van der Waals surface area contributed by atoms with E-state index in [1.54, 1.807) is 12.2 Å². The molecule has 2 aromatic rings. The average molecular weight is 297 g/mol. The topological polar surface area (TPSA) is 22.0 Å². The number of pyridine rings is 1. The number of aromatic nitrogens is 1. The van der Waals surface area contributed by atoms with Crippen molar-refractivity contribution < 1.29 is 4.79 Å². The van der Waals surface area contributed by atoms with Gasteiger partial charge in [0.05, 0.1) is 0 Å². The van der Waals surface area contributed by atoms with Gasteiger partial charge in [-0.1, -0.05) is 48.6 Å². The van der Waals surface area contributed by atoms with Crippen molar-refractivity contribution in [2.75, 3.05) is 0 Å². The molecule has 1 aromatic carbocycles. The Labute approximate surface area is 130 Å². The van der Waals surface area contributed by atoms with Gasteiger partial charge in [-0.15, -0.1) is 0 Å². The van der Waals surface area contributed by atoms with Crippen molar-refractivity contribution in [1.82, 2.24) is 4.57 Å². The Bertz CT molecular complexity index is 721. The minimum atomic E-state index is -0.0790. The van der Waals surface area contributed by atoms with E-state index in [2.05, 4.69) is 20.8 Å². The molecule has 21 heavy (non-hydrogen) atoms. The fourth-order valence-corrected chi connectivity index (χ4v) is 2.50. The number of hydrogen-bond acceptors (Lipinski definition) is 2. The van der Waals surface area contributed by atoms with Gasteiger partial charge in [0.25, 0.3) is 0 Å². The molecule has 108 valence electrons. The highest BCUT2D eigenvalue weighted by molar-refractivity contribution is 7.71. The summed E-state index contributed by atoms with van der Waals surface area (Å²) in [5.41, 5.74) is 1.48. The van der Waals surface area contributed by atoms with Gasteiger partial charge in [0.1, 0.15) is 4.64 Å². The summed E-state index contributed by atoms with van der Waals surface area (Å²) in [6.45, 7) is 6.31. The number of hydrogen-bond donors (Lipinski definition) is 0. The maximum atomic E-state index is 12.1. The van der Waals surface area contributed by atoms with E-state index in [-0.39, 0.29) is 11.3 Å². The van der Waals surface area contributed by atoms with Gasteiger partial charge in [-0.25, -0.2) is 0 Å². The third-order valence-electron chi connectivity index (χ3n) is 3.17. The van der Waals surface area contributed by atoms with Crippen LogP contribution >= 0.6 is 12.2 Å². The lowest BCUT2D eigenvalue weighted by molar-refractivity contribution is 0.104. The van der Waals surface area contributed by atoms with Crippen molar-refractivity contribution >= 4 is 24.1 Å². The second-order valence-electron chi connectivity index (χ2n) is 5.87. The zero-order valence-corrected chi connectivity index (χ0v) is 13.4. The predicted octanol–water partition coefficient (Wildman–Crippen LogP) is 4.87. The van der Waals surface area contributed by atoms with E-state index in [9.17, 15) is 4.79 Å². The van der Waals surface area contributed by atoms with Crippen molar-refractivity contribution in [2.45, 2.75) is 26.3 Å². The molecule has 1 heterocycles. The van der Waals surface area contributed by atoms with Gasteiger partial charge < -0.3 is 4.57 Å². The van der Waals surface area contributed by atoms with E-state index < -0.39 is 0 Å². The lowest BCUT2D eigenvalue weighted by Crippen LogP contribution is -2.22. The maximum Gasteiger partial charge on any atom is 0.185 e. The van der Waals surface area contributed by atoms with E-state index in [0.717, 1.165) is 10.2 Å². The van der Waals surface area contributed by atoms with Gasteiger partial charge in [-0.3, -0.25) is 4.79 Å². The molecule has 0 saturated heterocycles. The molecule has 2 rings (SSSR count).